The summed E-state index contributed by atoms with van der Waals surface area (Å²) in [6.45, 7) is 5.95. The molecule has 1 fully saturated rings. The van der Waals surface area contributed by atoms with E-state index in [4.69, 9.17) is 0 Å². The lowest BCUT2D eigenvalue weighted by Gasteiger charge is -2.16. The lowest BCUT2D eigenvalue weighted by Crippen LogP contribution is -2.19. The normalized spacial score (nSPS) is 14.4. The van der Waals surface area contributed by atoms with Crippen LogP contribution in [0.3, 0.4) is 0 Å². The molecule has 2 heterocycles. The minimum absolute atomic E-state index is 0.106. The van der Waals surface area contributed by atoms with Gasteiger partial charge in [0.1, 0.15) is 5.82 Å². The van der Waals surface area contributed by atoms with Crippen molar-refractivity contribution >= 4 is 17.4 Å². The molecule has 0 saturated carbocycles. The van der Waals surface area contributed by atoms with E-state index in [0.29, 0.717) is 0 Å². The first kappa shape index (κ1) is 12.6. The predicted molar refractivity (Wildman–Crippen MR) is 73.7 cm³/mol. The highest BCUT2D eigenvalue weighted by molar-refractivity contribution is 5.99. The number of allylic oxidation sites excluding steroid dienone is 1. The molecular weight excluding hydrogens is 226 g/mol. The van der Waals surface area contributed by atoms with Gasteiger partial charge in [-0.2, -0.15) is 0 Å². The molecule has 1 amide bonds. The molecule has 1 saturated heterocycles. The summed E-state index contributed by atoms with van der Waals surface area (Å²) in [4.78, 5) is 18.2. The third-order valence-corrected chi connectivity index (χ3v) is 2.87. The van der Waals surface area contributed by atoms with Crippen LogP contribution in [0.2, 0.25) is 0 Å². The molecule has 1 aliphatic rings. The highest BCUT2D eigenvalue weighted by Crippen LogP contribution is 2.18. The fourth-order valence-corrected chi connectivity index (χ4v) is 2.03. The molecule has 1 aliphatic heterocycles. The molecule has 0 aromatic carbocycles. The molecule has 4 heteroatoms. The Hall–Kier alpha value is -1.84. The minimum Gasteiger partial charge on any atom is -0.357 e. The van der Waals surface area contributed by atoms with Crippen molar-refractivity contribution in [3.05, 3.63) is 30.0 Å². The molecule has 4 nitrogen and oxygen atoms in total. The van der Waals surface area contributed by atoms with Crippen molar-refractivity contribution in [2.45, 2.75) is 26.7 Å². The van der Waals surface area contributed by atoms with E-state index in [1.165, 1.54) is 12.8 Å². The maximum Gasteiger partial charge on any atom is 0.248 e. The molecule has 1 N–H and O–H groups in total. The van der Waals surface area contributed by atoms with Gasteiger partial charge in [0.15, 0.2) is 0 Å². The Balaban J connectivity index is 1.99. The van der Waals surface area contributed by atoms with E-state index < -0.39 is 0 Å². The lowest BCUT2D eigenvalue weighted by atomic mass is 10.3. The summed E-state index contributed by atoms with van der Waals surface area (Å²) >= 11 is 0. The molecule has 0 radical (unpaired) electrons. The molecule has 1 aromatic rings. The number of rotatable bonds is 3. The Bertz CT molecular complexity index is 441. The van der Waals surface area contributed by atoms with Crippen LogP contribution in [0.1, 0.15) is 26.7 Å². The van der Waals surface area contributed by atoms with Crippen molar-refractivity contribution in [3.63, 3.8) is 0 Å². The number of pyridine rings is 1. The van der Waals surface area contributed by atoms with Crippen LogP contribution < -0.4 is 10.2 Å². The van der Waals surface area contributed by atoms with Crippen LogP contribution in [0.4, 0.5) is 11.5 Å². The van der Waals surface area contributed by atoms with Gasteiger partial charge in [0.05, 0.1) is 11.9 Å². The molecule has 0 aliphatic carbocycles. The number of aromatic nitrogens is 1. The standard InChI is InChI=1S/C14H19N3O/c1-11(2)9-14(18)16-12-5-6-13(15-10-12)17-7-3-4-8-17/h5-6,9-10H,3-4,7-8H2,1-2H3,(H,16,18). The highest BCUT2D eigenvalue weighted by atomic mass is 16.1. The van der Waals surface area contributed by atoms with Crippen LogP contribution in [0.5, 0.6) is 0 Å². The Kier molecular flexibility index (Phi) is 3.97. The van der Waals surface area contributed by atoms with Crippen LogP contribution in [-0.4, -0.2) is 24.0 Å². The second-order valence-electron chi connectivity index (χ2n) is 4.81. The third kappa shape index (κ3) is 3.32. The number of hydrogen-bond donors (Lipinski definition) is 1. The third-order valence-electron chi connectivity index (χ3n) is 2.87. The van der Waals surface area contributed by atoms with Gasteiger partial charge < -0.3 is 10.2 Å². The number of nitrogens with one attached hydrogen (secondary N) is 1. The highest BCUT2D eigenvalue weighted by Gasteiger charge is 2.12. The smallest absolute Gasteiger partial charge is 0.248 e. The average Bonchev–Trinajstić information content (AvgIpc) is 2.82. The molecule has 96 valence electrons. The lowest BCUT2D eigenvalue weighted by molar-refractivity contribution is -0.111. The Morgan fingerprint density at radius 3 is 2.61 bits per heavy atom. The van der Waals surface area contributed by atoms with Gasteiger partial charge in [-0.3, -0.25) is 4.79 Å². The van der Waals surface area contributed by atoms with Gasteiger partial charge in [0.2, 0.25) is 5.91 Å². The van der Waals surface area contributed by atoms with Crippen molar-refractivity contribution < 1.29 is 4.79 Å². The molecule has 0 unspecified atom stereocenters. The zero-order valence-electron chi connectivity index (χ0n) is 10.9. The minimum atomic E-state index is -0.106. The monoisotopic (exact) mass is 245 g/mol. The van der Waals surface area contributed by atoms with Gasteiger partial charge in [-0.15, -0.1) is 0 Å². The van der Waals surface area contributed by atoms with Crippen LogP contribution >= 0.6 is 0 Å². The van der Waals surface area contributed by atoms with Gasteiger partial charge in [0, 0.05) is 19.2 Å². The maximum absolute atomic E-state index is 11.5. The molecular formula is C14H19N3O. The van der Waals surface area contributed by atoms with E-state index >= 15 is 0 Å². The van der Waals surface area contributed by atoms with Gasteiger partial charge in [-0.1, -0.05) is 5.57 Å². The molecule has 18 heavy (non-hydrogen) atoms. The quantitative estimate of drug-likeness (QED) is 0.832. The zero-order chi connectivity index (χ0) is 13.0. The number of amides is 1. The maximum atomic E-state index is 11.5. The van der Waals surface area contributed by atoms with Crippen LogP contribution in [0.15, 0.2) is 30.0 Å². The van der Waals surface area contributed by atoms with Gasteiger partial charge in [0.25, 0.3) is 0 Å². The molecule has 0 spiro atoms. The summed E-state index contributed by atoms with van der Waals surface area (Å²) in [6, 6.07) is 3.86. The Labute approximate surface area is 108 Å². The summed E-state index contributed by atoms with van der Waals surface area (Å²) in [5.41, 5.74) is 1.72. The second kappa shape index (κ2) is 5.67. The summed E-state index contributed by atoms with van der Waals surface area (Å²) in [6.07, 6.45) is 5.76. The van der Waals surface area contributed by atoms with Gasteiger partial charge in [-0.05, 0) is 38.8 Å². The van der Waals surface area contributed by atoms with Crippen LogP contribution in [-0.2, 0) is 4.79 Å². The van der Waals surface area contributed by atoms with Crippen molar-refractivity contribution in [1.82, 2.24) is 4.98 Å². The Morgan fingerprint density at radius 2 is 2.06 bits per heavy atom. The van der Waals surface area contributed by atoms with E-state index in [1.54, 1.807) is 12.3 Å². The number of nitrogens with zero attached hydrogens (tertiary/aromatic N) is 2. The van der Waals surface area contributed by atoms with Crippen molar-refractivity contribution in [2.24, 2.45) is 0 Å². The number of carbonyl (C=O) groups is 1. The zero-order valence-corrected chi connectivity index (χ0v) is 10.9. The van der Waals surface area contributed by atoms with E-state index in [-0.39, 0.29) is 5.91 Å². The van der Waals surface area contributed by atoms with Crippen LogP contribution in [0.25, 0.3) is 0 Å². The average molecular weight is 245 g/mol. The fourth-order valence-electron chi connectivity index (χ4n) is 2.03. The Morgan fingerprint density at radius 1 is 1.33 bits per heavy atom. The number of hydrogen-bond acceptors (Lipinski definition) is 3. The summed E-state index contributed by atoms with van der Waals surface area (Å²) in [5.74, 6) is 0.887. The van der Waals surface area contributed by atoms with E-state index in [2.05, 4.69) is 15.2 Å². The molecule has 1 aromatic heterocycles. The fraction of sp³-hybridized carbons (Fsp3) is 0.429. The van der Waals surface area contributed by atoms with Gasteiger partial charge in [-0.25, -0.2) is 4.98 Å². The second-order valence-corrected chi connectivity index (χ2v) is 4.81. The van der Waals surface area contributed by atoms with Crippen LogP contribution in [0, 0.1) is 0 Å². The summed E-state index contributed by atoms with van der Waals surface area (Å²) in [7, 11) is 0. The molecule has 0 atom stereocenters. The van der Waals surface area contributed by atoms with E-state index in [1.807, 2.05) is 26.0 Å². The molecule has 2 rings (SSSR count). The van der Waals surface area contributed by atoms with Gasteiger partial charge >= 0.3 is 0 Å². The molecule has 0 bridgehead atoms. The topological polar surface area (TPSA) is 45.2 Å². The van der Waals surface area contributed by atoms with E-state index in [0.717, 1.165) is 30.2 Å². The summed E-state index contributed by atoms with van der Waals surface area (Å²) in [5, 5.41) is 2.79. The first-order chi connectivity index (χ1) is 8.65. The van der Waals surface area contributed by atoms with E-state index in [9.17, 15) is 4.79 Å². The SMILES string of the molecule is CC(C)=CC(=O)Nc1ccc(N2CCCC2)nc1. The first-order valence-electron chi connectivity index (χ1n) is 6.32. The summed E-state index contributed by atoms with van der Waals surface area (Å²) < 4.78 is 0. The van der Waals surface area contributed by atoms with Crippen molar-refractivity contribution in [3.8, 4) is 0 Å². The van der Waals surface area contributed by atoms with Crippen molar-refractivity contribution in [1.29, 1.82) is 0 Å². The number of anilines is 2. The predicted octanol–water partition coefficient (Wildman–Crippen LogP) is 2.59. The number of carbonyl (C=O) groups excluding carboxylic acids is 1. The van der Waals surface area contributed by atoms with Crippen molar-refractivity contribution in [2.75, 3.05) is 23.3 Å². The first-order valence-corrected chi connectivity index (χ1v) is 6.32. The largest absolute Gasteiger partial charge is 0.357 e.